The average molecular weight is 471 g/mol. The van der Waals surface area contributed by atoms with Gasteiger partial charge >= 0.3 is 0 Å². The van der Waals surface area contributed by atoms with Gasteiger partial charge in [0.25, 0.3) is 0 Å². The van der Waals surface area contributed by atoms with Crippen molar-refractivity contribution in [3.05, 3.63) is 75.3 Å². The first-order valence-electron chi connectivity index (χ1n) is 10.8. The number of benzene rings is 2. The minimum Gasteiger partial charge on any atom is -0.497 e. The molecule has 1 fully saturated rings. The van der Waals surface area contributed by atoms with E-state index in [1.165, 1.54) is 33.6 Å². The summed E-state index contributed by atoms with van der Waals surface area (Å²) in [4.78, 5) is 24.8. The van der Waals surface area contributed by atoms with Crippen LogP contribution in [0.15, 0.2) is 41.8 Å². The molecular formula is C25H31N2O3PS. The van der Waals surface area contributed by atoms with Crippen LogP contribution in [0.25, 0.3) is 0 Å². The predicted molar refractivity (Wildman–Crippen MR) is 133 cm³/mol. The Morgan fingerprint density at radius 2 is 1.75 bits per heavy atom. The molecule has 0 amide bonds. The third-order valence-electron chi connectivity index (χ3n) is 6.54. The minimum atomic E-state index is -2.21. The van der Waals surface area contributed by atoms with Crippen molar-refractivity contribution < 1.29 is 14.5 Å². The summed E-state index contributed by atoms with van der Waals surface area (Å²) in [6.45, 7) is 8.97. The van der Waals surface area contributed by atoms with Crippen LogP contribution < -0.4 is 10.1 Å². The van der Waals surface area contributed by atoms with Crippen LogP contribution in [0.4, 0.5) is 5.13 Å². The Labute approximate surface area is 195 Å². The molecule has 1 aliphatic carbocycles. The van der Waals surface area contributed by atoms with Gasteiger partial charge in [0.2, 0.25) is 0 Å². The number of nitrogens with one attached hydrogen (secondary N) is 1. The van der Waals surface area contributed by atoms with E-state index in [0.29, 0.717) is 11.0 Å². The van der Waals surface area contributed by atoms with Crippen molar-refractivity contribution in [1.82, 2.24) is 4.98 Å². The smallest absolute Gasteiger partial charge is 0.194 e. The zero-order valence-electron chi connectivity index (χ0n) is 19.2. The number of nitrogens with zero attached hydrogens (tertiary/aromatic N) is 1. The lowest BCUT2D eigenvalue weighted by atomic mass is 9.57. The van der Waals surface area contributed by atoms with Gasteiger partial charge in [-0.05, 0) is 73.4 Å². The zero-order valence-corrected chi connectivity index (χ0v) is 20.9. The Balaban J connectivity index is 1.46. The second-order valence-electron chi connectivity index (χ2n) is 9.16. The summed E-state index contributed by atoms with van der Waals surface area (Å²) in [6.07, 6.45) is 2.16. The Hall–Kier alpha value is -1.98. The Morgan fingerprint density at radius 1 is 1.12 bits per heavy atom. The Bertz CT molecular complexity index is 1070. The summed E-state index contributed by atoms with van der Waals surface area (Å²) in [7, 11) is -0.604. The van der Waals surface area contributed by atoms with E-state index in [9.17, 15) is 9.79 Å². The maximum atomic E-state index is 10.00. The molecule has 1 unspecified atom stereocenters. The van der Waals surface area contributed by atoms with Gasteiger partial charge in [-0.3, -0.25) is 0 Å². The first-order chi connectivity index (χ1) is 15.2. The van der Waals surface area contributed by atoms with Crippen LogP contribution in [0, 0.1) is 20.8 Å². The normalized spacial score (nSPS) is 21.3. The largest absolute Gasteiger partial charge is 0.497 e. The molecule has 1 atom stereocenters. The minimum absolute atomic E-state index is 0.180. The molecular weight excluding hydrogens is 439 g/mol. The van der Waals surface area contributed by atoms with E-state index < -0.39 is 14.2 Å². The van der Waals surface area contributed by atoms with Crippen molar-refractivity contribution in [2.75, 3.05) is 12.4 Å². The molecule has 170 valence electrons. The van der Waals surface area contributed by atoms with Crippen LogP contribution in [0.1, 0.15) is 65.0 Å². The molecule has 7 heteroatoms. The van der Waals surface area contributed by atoms with E-state index in [1.54, 1.807) is 7.11 Å². The third-order valence-corrected chi connectivity index (χ3v) is 8.22. The zero-order chi connectivity index (χ0) is 23.0. The molecule has 0 spiro atoms. The van der Waals surface area contributed by atoms with Gasteiger partial charge < -0.3 is 19.8 Å². The average Bonchev–Trinajstić information content (AvgIpc) is 3.17. The van der Waals surface area contributed by atoms with Crippen molar-refractivity contribution in [2.45, 2.75) is 57.7 Å². The molecule has 0 saturated heterocycles. The fraction of sp³-hybridized carbons (Fsp3) is 0.400. The SMILES string of the molecule is COc1ccc(C(Nc2nc(C3CC(C)(c4c(C)cc(C)cc4C)C3)cs2)P(O)O)cc1. The summed E-state index contributed by atoms with van der Waals surface area (Å²) in [5.74, 6) is 0.562. The second kappa shape index (κ2) is 9.11. The van der Waals surface area contributed by atoms with Crippen molar-refractivity contribution >= 4 is 24.8 Å². The number of aromatic nitrogens is 1. The lowest BCUT2D eigenvalue weighted by Crippen LogP contribution is -2.38. The molecule has 4 rings (SSSR count). The molecule has 0 bridgehead atoms. The lowest BCUT2D eigenvalue weighted by molar-refractivity contribution is 0.220. The van der Waals surface area contributed by atoms with E-state index in [4.69, 9.17) is 9.72 Å². The van der Waals surface area contributed by atoms with Crippen LogP contribution >= 0.6 is 19.7 Å². The van der Waals surface area contributed by atoms with Crippen LogP contribution in [-0.2, 0) is 5.41 Å². The van der Waals surface area contributed by atoms with E-state index in [1.807, 2.05) is 24.3 Å². The van der Waals surface area contributed by atoms with Gasteiger partial charge in [-0.1, -0.05) is 36.8 Å². The molecule has 1 saturated carbocycles. The van der Waals surface area contributed by atoms with Gasteiger partial charge in [0.15, 0.2) is 13.5 Å². The summed E-state index contributed by atoms with van der Waals surface area (Å²) in [5.41, 5.74) is 7.62. The number of methoxy groups -OCH3 is 1. The molecule has 1 aliphatic rings. The van der Waals surface area contributed by atoms with Gasteiger partial charge in [-0.2, -0.15) is 0 Å². The fourth-order valence-corrected chi connectivity index (χ4v) is 6.88. The predicted octanol–water partition coefficient (Wildman–Crippen LogP) is 6.32. The number of hydrogen-bond acceptors (Lipinski definition) is 6. The van der Waals surface area contributed by atoms with Crippen molar-refractivity contribution in [2.24, 2.45) is 0 Å². The molecule has 0 aliphatic heterocycles. The van der Waals surface area contributed by atoms with Crippen molar-refractivity contribution in [3.8, 4) is 5.75 Å². The van der Waals surface area contributed by atoms with Crippen molar-refractivity contribution in [1.29, 1.82) is 0 Å². The number of thiazole rings is 1. The van der Waals surface area contributed by atoms with Gasteiger partial charge in [0.05, 0.1) is 12.8 Å². The molecule has 0 radical (unpaired) electrons. The van der Waals surface area contributed by atoms with Crippen LogP contribution in [0.5, 0.6) is 5.75 Å². The topological polar surface area (TPSA) is 74.6 Å². The van der Waals surface area contributed by atoms with Gasteiger partial charge in [0, 0.05) is 11.3 Å². The summed E-state index contributed by atoms with van der Waals surface area (Å²) in [6, 6.07) is 11.9. The summed E-state index contributed by atoms with van der Waals surface area (Å²) in [5, 5.41) is 6.04. The quantitative estimate of drug-likeness (QED) is 0.352. The van der Waals surface area contributed by atoms with Crippen LogP contribution in [0.2, 0.25) is 0 Å². The first-order valence-corrected chi connectivity index (χ1v) is 13.0. The van der Waals surface area contributed by atoms with Crippen LogP contribution in [-0.4, -0.2) is 21.9 Å². The molecule has 1 heterocycles. The Morgan fingerprint density at radius 3 is 2.31 bits per heavy atom. The number of ether oxygens (including phenoxy) is 1. The number of rotatable bonds is 7. The maximum absolute atomic E-state index is 10.00. The van der Waals surface area contributed by atoms with Gasteiger partial charge in [-0.15, -0.1) is 11.3 Å². The van der Waals surface area contributed by atoms with E-state index in [0.717, 1.165) is 29.8 Å². The lowest BCUT2D eigenvalue weighted by Gasteiger charge is -2.47. The van der Waals surface area contributed by atoms with E-state index in [2.05, 4.69) is 50.5 Å². The van der Waals surface area contributed by atoms with Crippen molar-refractivity contribution in [3.63, 3.8) is 0 Å². The molecule has 1 aromatic heterocycles. The van der Waals surface area contributed by atoms with Gasteiger partial charge in [-0.25, -0.2) is 4.98 Å². The standard InChI is InChI=1S/C25H31N2O3PS/c1-15-10-16(2)22(17(3)11-15)25(4)12-19(13-25)21-14-32-24(26-21)27-23(31(28)29)18-6-8-20(30-5)9-7-18/h6-11,14,19,23,28-29H,12-13H2,1-5H3,(H,26,27). The maximum Gasteiger partial charge on any atom is 0.194 e. The monoisotopic (exact) mass is 470 g/mol. The number of hydrogen-bond donors (Lipinski definition) is 3. The molecule has 2 aromatic carbocycles. The molecule has 3 aromatic rings. The third kappa shape index (κ3) is 4.55. The second-order valence-corrected chi connectivity index (χ2v) is 11.2. The molecule has 5 nitrogen and oxygen atoms in total. The highest BCUT2D eigenvalue weighted by molar-refractivity contribution is 7.45. The number of aryl methyl sites for hydroxylation is 3. The highest BCUT2D eigenvalue weighted by Gasteiger charge is 2.44. The highest BCUT2D eigenvalue weighted by Crippen LogP contribution is 2.54. The fourth-order valence-electron chi connectivity index (χ4n) is 5.29. The highest BCUT2D eigenvalue weighted by atomic mass is 32.1. The van der Waals surface area contributed by atoms with E-state index >= 15 is 0 Å². The van der Waals surface area contributed by atoms with Crippen LogP contribution in [0.3, 0.4) is 0 Å². The summed E-state index contributed by atoms with van der Waals surface area (Å²) < 4.78 is 5.19. The Kier molecular flexibility index (Phi) is 6.60. The van der Waals surface area contributed by atoms with Gasteiger partial charge in [0.1, 0.15) is 11.5 Å². The summed E-state index contributed by atoms with van der Waals surface area (Å²) >= 11 is 1.52. The molecule has 3 N–H and O–H groups in total. The first kappa shape index (κ1) is 23.2. The molecule has 32 heavy (non-hydrogen) atoms. The number of anilines is 1. The van der Waals surface area contributed by atoms with E-state index in [-0.39, 0.29) is 5.41 Å².